The first-order valence-corrected chi connectivity index (χ1v) is 11.2. The minimum atomic E-state index is -0.0212. The summed E-state index contributed by atoms with van der Waals surface area (Å²) in [4.78, 5) is 16.9. The van der Waals surface area contributed by atoms with Crippen LogP contribution in [0.15, 0.2) is 66.7 Å². The summed E-state index contributed by atoms with van der Waals surface area (Å²) in [5.74, 6) is 0.799. The van der Waals surface area contributed by atoms with E-state index in [1.165, 1.54) is 16.3 Å². The number of tetrazole rings is 1. The van der Waals surface area contributed by atoms with E-state index in [2.05, 4.69) is 69.1 Å². The molecule has 0 aliphatic carbocycles. The van der Waals surface area contributed by atoms with Gasteiger partial charge in [0.2, 0.25) is 0 Å². The molecular formula is C25H27N7O. The SMILES string of the molecule is Cc1ccc(-n2nnnc2CN2CCN(C(=O)NCc3cccc4ccccc34)CC2)cc1. The Hall–Kier alpha value is -3.78. The standard InChI is InChI=1S/C25H27N7O/c1-19-9-11-22(12-10-19)32-24(27-28-29-32)18-30-13-15-31(16-14-30)25(33)26-17-21-7-4-6-20-5-2-3-8-23(20)21/h2-12H,13-18H2,1H3,(H,26,33). The van der Waals surface area contributed by atoms with Crippen molar-refractivity contribution in [2.45, 2.75) is 20.0 Å². The van der Waals surface area contributed by atoms with Crippen molar-refractivity contribution in [3.05, 3.63) is 83.7 Å². The van der Waals surface area contributed by atoms with Crippen LogP contribution in [0.3, 0.4) is 0 Å². The number of aromatic nitrogens is 4. The van der Waals surface area contributed by atoms with E-state index in [4.69, 9.17) is 0 Å². The normalized spacial score (nSPS) is 14.5. The van der Waals surface area contributed by atoms with E-state index in [0.717, 1.165) is 30.2 Å². The first kappa shape index (κ1) is 21.1. The second-order valence-corrected chi connectivity index (χ2v) is 8.40. The van der Waals surface area contributed by atoms with Crippen molar-refractivity contribution in [2.24, 2.45) is 0 Å². The number of carbonyl (C=O) groups excluding carboxylic acids is 1. The molecule has 33 heavy (non-hydrogen) atoms. The fourth-order valence-corrected chi connectivity index (χ4v) is 4.23. The second-order valence-electron chi connectivity index (χ2n) is 8.40. The van der Waals surface area contributed by atoms with E-state index in [-0.39, 0.29) is 6.03 Å². The van der Waals surface area contributed by atoms with Gasteiger partial charge in [0.1, 0.15) is 0 Å². The Morgan fingerprint density at radius 3 is 2.52 bits per heavy atom. The molecule has 3 aromatic carbocycles. The number of hydrogen-bond acceptors (Lipinski definition) is 5. The summed E-state index contributed by atoms with van der Waals surface area (Å²) in [6.45, 7) is 6.13. The van der Waals surface area contributed by atoms with Crippen LogP contribution in [0.5, 0.6) is 0 Å². The van der Waals surface area contributed by atoms with Crippen molar-refractivity contribution in [3.63, 3.8) is 0 Å². The number of nitrogens with zero attached hydrogens (tertiary/aromatic N) is 6. The zero-order valence-corrected chi connectivity index (χ0v) is 18.7. The second kappa shape index (κ2) is 9.38. The van der Waals surface area contributed by atoms with Gasteiger partial charge in [-0.3, -0.25) is 4.90 Å². The number of urea groups is 1. The zero-order valence-electron chi connectivity index (χ0n) is 18.7. The number of rotatable bonds is 5. The third kappa shape index (κ3) is 4.70. The van der Waals surface area contributed by atoms with E-state index in [1.807, 2.05) is 35.2 Å². The van der Waals surface area contributed by atoms with Crippen LogP contribution >= 0.6 is 0 Å². The van der Waals surface area contributed by atoms with Crippen LogP contribution in [-0.2, 0) is 13.1 Å². The minimum absolute atomic E-state index is 0.0212. The first-order chi connectivity index (χ1) is 16.2. The Kier molecular flexibility index (Phi) is 5.99. The average Bonchev–Trinajstić information content (AvgIpc) is 3.31. The van der Waals surface area contributed by atoms with Gasteiger partial charge in [-0.2, -0.15) is 4.68 Å². The summed E-state index contributed by atoms with van der Waals surface area (Å²) in [5, 5.41) is 17.7. The largest absolute Gasteiger partial charge is 0.334 e. The van der Waals surface area contributed by atoms with E-state index >= 15 is 0 Å². The molecule has 168 valence electrons. The van der Waals surface area contributed by atoms with Crippen molar-refractivity contribution in [1.82, 2.24) is 35.3 Å². The molecule has 4 aromatic rings. The highest BCUT2D eigenvalue weighted by Gasteiger charge is 2.23. The minimum Gasteiger partial charge on any atom is -0.334 e. The molecule has 1 aliphatic rings. The van der Waals surface area contributed by atoms with Crippen LogP contribution in [0.4, 0.5) is 4.79 Å². The zero-order chi connectivity index (χ0) is 22.6. The van der Waals surface area contributed by atoms with Crippen molar-refractivity contribution in [1.29, 1.82) is 0 Å². The molecule has 1 aromatic heterocycles. The number of carbonyl (C=O) groups is 1. The maximum atomic E-state index is 12.8. The van der Waals surface area contributed by atoms with Gasteiger partial charge < -0.3 is 10.2 Å². The smallest absolute Gasteiger partial charge is 0.317 e. The van der Waals surface area contributed by atoms with E-state index in [9.17, 15) is 4.79 Å². The summed E-state index contributed by atoms with van der Waals surface area (Å²) in [6.07, 6.45) is 0. The summed E-state index contributed by atoms with van der Waals surface area (Å²) < 4.78 is 1.78. The molecule has 1 N–H and O–H groups in total. The van der Waals surface area contributed by atoms with Crippen molar-refractivity contribution < 1.29 is 4.79 Å². The number of aryl methyl sites for hydroxylation is 1. The fourth-order valence-electron chi connectivity index (χ4n) is 4.23. The highest BCUT2D eigenvalue weighted by molar-refractivity contribution is 5.86. The Labute approximate surface area is 192 Å². The van der Waals surface area contributed by atoms with Gasteiger partial charge in [0.05, 0.1) is 12.2 Å². The van der Waals surface area contributed by atoms with Gasteiger partial charge in [-0.15, -0.1) is 5.10 Å². The molecular weight excluding hydrogens is 414 g/mol. The highest BCUT2D eigenvalue weighted by Crippen LogP contribution is 2.18. The molecule has 1 saturated heterocycles. The lowest BCUT2D eigenvalue weighted by Gasteiger charge is -2.34. The molecule has 8 nitrogen and oxygen atoms in total. The molecule has 0 atom stereocenters. The van der Waals surface area contributed by atoms with Gasteiger partial charge in [0.15, 0.2) is 5.82 Å². The Balaban J connectivity index is 1.15. The fraction of sp³-hybridized carbons (Fsp3) is 0.280. The number of fused-ring (bicyclic) bond motifs is 1. The molecule has 8 heteroatoms. The lowest BCUT2D eigenvalue weighted by Crippen LogP contribution is -2.51. The maximum absolute atomic E-state index is 12.8. The predicted molar refractivity (Wildman–Crippen MR) is 127 cm³/mol. The van der Waals surface area contributed by atoms with Crippen LogP contribution < -0.4 is 5.32 Å². The van der Waals surface area contributed by atoms with E-state index in [1.54, 1.807) is 4.68 Å². The third-order valence-electron chi connectivity index (χ3n) is 6.15. The molecule has 2 amide bonds. The molecule has 2 heterocycles. The van der Waals surface area contributed by atoms with Crippen LogP contribution in [0.2, 0.25) is 0 Å². The van der Waals surface area contributed by atoms with E-state index in [0.29, 0.717) is 26.2 Å². The number of piperazine rings is 1. The lowest BCUT2D eigenvalue weighted by molar-refractivity contribution is 0.133. The summed E-state index contributed by atoms with van der Waals surface area (Å²) >= 11 is 0. The predicted octanol–water partition coefficient (Wildman–Crippen LogP) is 3.15. The molecule has 5 rings (SSSR count). The van der Waals surface area contributed by atoms with Crippen molar-refractivity contribution in [2.75, 3.05) is 26.2 Å². The van der Waals surface area contributed by atoms with E-state index < -0.39 is 0 Å². The number of nitrogens with one attached hydrogen (secondary N) is 1. The Morgan fingerprint density at radius 1 is 0.939 bits per heavy atom. The molecule has 0 saturated carbocycles. The number of hydrogen-bond donors (Lipinski definition) is 1. The number of benzene rings is 3. The monoisotopic (exact) mass is 441 g/mol. The van der Waals surface area contributed by atoms with Gasteiger partial charge in [-0.25, -0.2) is 4.79 Å². The third-order valence-corrected chi connectivity index (χ3v) is 6.15. The topological polar surface area (TPSA) is 79.2 Å². The molecule has 1 aliphatic heterocycles. The van der Waals surface area contributed by atoms with Gasteiger partial charge >= 0.3 is 6.03 Å². The Bertz CT molecular complexity index is 1240. The summed E-state index contributed by atoms with van der Waals surface area (Å²) in [7, 11) is 0. The number of amides is 2. The van der Waals surface area contributed by atoms with Gasteiger partial charge in [0, 0.05) is 32.7 Å². The van der Waals surface area contributed by atoms with Gasteiger partial charge in [-0.05, 0) is 45.8 Å². The molecule has 0 spiro atoms. The summed E-state index contributed by atoms with van der Waals surface area (Å²) in [5.41, 5.74) is 3.28. The maximum Gasteiger partial charge on any atom is 0.317 e. The molecule has 1 fully saturated rings. The quantitative estimate of drug-likeness (QED) is 0.515. The molecule has 0 unspecified atom stereocenters. The van der Waals surface area contributed by atoms with Crippen LogP contribution in [0, 0.1) is 6.92 Å². The van der Waals surface area contributed by atoms with Gasteiger partial charge in [-0.1, -0.05) is 60.2 Å². The van der Waals surface area contributed by atoms with Crippen molar-refractivity contribution >= 4 is 16.8 Å². The van der Waals surface area contributed by atoms with Crippen LogP contribution in [0.1, 0.15) is 17.0 Å². The summed E-state index contributed by atoms with van der Waals surface area (Å²) in [6, 6.07) is 22.6. The highest BCUT2D eigenvalue weighted by atomic mass is 16.2. The average molecular weight is 442 g/mol. The van der Waals surface area contributed by atoms with Crippen LogP contribution in [-0.4, -0.2) is 62.2 Å². The van der Waals surface area contributed by atoms with Crippen molar-refractivity contribution in [3.8, 4) is 5.69 Å². The molecule has 0 bridgehead atoms. The molecule has 0 radical (unpaired) electrons. The lowest BCUT2D eigenvalue weighted by atomic mass is 10.0. The Morgan fingerprint density at radius 2 is 1.70 bits per heavy atom. The van der Waals surface area contributed by atoms with Crippen LogP contribution in [0.25, 0.3) is 16.5 Å². The first-order valence-electron chi connectivity index (χ1n) is 11.2. The van der Waals surface area contributed by atoms with Gasteiger partial charge in [0.25, 0.3) is 0 Å².